The number of amides is 1. The molecule has 0 aliphatic carbocycles. The third-order valence-electron chi connectivity index (χ3n) is 6.67. The summed E-state index contributed by atoms with van der Waals surface area (Å²) in [5.74, 6) is 0.00398. The molecular weight excluding hydrogens is 478 g/mol. The van der Waals surface area contributed by atoms with Crippen LogP contribution in [0.2, 0.25) is 0 Å². The minimum absolute atomic E-state index is 0.00398. The molecule has 5 nitrogen and oxygen atoms in total. The monoisotopic (exact) mass is 519 g/mol. The molecular formula is C31H41N3O2S. The van der Waals surface area contributed by atoms with Gasteiger partial charge in [0.1, 0.15) is 0 Å². The summed E-state index contributed by atoms with van der Waals surface area (Å²) >= 11 is 1.40. The average Bonchev–Trinajstić information content (AvgIpc) is 2.87. The predicted molar refractivity (Wildman–Crippen MR) is 154 cm³/mol. The number of carbonyl (C=O) groups excluding carboxylic acids is 1. The van der Waals surface area contributed by atoms with Crippen molar-refractivity contribution in [2.45, 2.75) is 82.5 Å². The van der Waals surface area contributed by atoms with Gasteiger partial charge < -0.3 is 5.32 Å². The first kappa shape index (κ1) is 28.7. The van der Waals surface area contributed by atoms with E-state index in [4.69, 9.17) is 4.98 Å². The van der Waals surface area contributed by atoms with Gasteiger partial charge in [-0.05, 0) is 41.9 Å². The number of benzene rings is 2. The molecule has 198 valence electrons. The maximum absolute atomic E-state index is 13.3. The molecule has 1 atom stereocenters. The number of hydrogen-bond donors (Lipinski definition) is 1. The molecule has 37 heavy (non-hydrogen) atoms. The zero-order chi connectivity index (χ0) is 27.0. The van der Waals surface area contributed by atoms with Crippen LogP contribution < -0.4 is 10.9 Å². The van der Waals surface area contributed by atoms with Crippen molar-refractivity contribution in [3.8, 4) is 0 Å². The van der Waals surface area contributed by atoms with Crippen LogP contribution in [0, 0.1) is 6.92 Å². The molecule has 2 aromatic carbocycles. The van der Waals surface area contributed by atoms with Crippen molar-refractivity contribution in [1.29, 1.82) is 0 Å². The van der Waals surface area contributed by atoms with Crippen molar-refractivity contribution in [3.05, 3.63) is 92.9 Å². The van der Waals surface area contributed by atoms with E-state index in [-0.39, 0.29) is 22.1 Å². The van der Waals surface area contributed by atoms with E-state index in [9.17, 15) is 9.59 Å². The fourth-order valence-electron chi connectivity index (χ4n) is 4.21. The first-order valence-electron chi connectivity index (χ1n) is 13.2. The number of rotatable bonds is 11. The van der Waals surface area contributed by atoms with E-state index in [2.05, 4.69) is 69.4 Å². The Bertz CT molecular complexity index is 1230. The summed E-state index contributed by atoms with van der Waals surface area (Å²) in [6, 6.07) is 18.6. The molecule has 3 rings (SSSR count). The van der Waals surface area contributed by atoms with Gasteiger partial charge in [-0.2, -0.15) is 0 Å². The Kier molecular flexibility index (Phi) is 10.2. The number of nitrogens with zero attached hydrogens (tertiary/aromatic N) is 2. The van der Waals surface area contributed by atoms with Crippen molar-refractivity contribution in [1.82, 2.24) is 14.9 Å². The maximum atomic E-state index is 13.3. The molecule has 0 saturated carbocycles. The van der Waals surface area contributed by atoms with Gasteiger partial charge in [-0.15, -0.1) is 0 Å². The lowest BCUT2D eigenvalue weighted by Crippen LogP contribution is -2.35. The van der Waals surface area contributed by atoms with E-state index in [1.165, 1.54) is 22.9 Å². The van der Waals surface area contributed by atoms with Gasteiger partial charge in [0, 0.05) is 31.3 Å². The predicted octanol–water partition coefficient (Wildman–Crippen LogP) is 5.99. The molecule has 0 radical (unpaired) electrons. The van der Waals surface area contributed by atoms with Gasteiger partial charge in [-0.1, -0.05) is 107 Å². The molecule has 0 aliphatic rings. The quantitative estimate of drug-likeness (QED) is 0.250. The van der Waals surface area contributed by atoms with Crippen molar-refractivity contribution >= 4 is 17.7 Å². The molecule has 3 aromatic rings. The zero-order valence-corrected chi connectivity index (χ0v) is 24.0. The molecule has 1 unspecified atom stereocenters. The molecule has 1 heterocycles. The normalized spacial score (nSPS) is 12.4. The molecule has 0 aliphatic heterocycles. The van der Waals surface area contributed by atoms with E-state index in [1.807, 2.05) is 25.1 Å². The lowest BCUT2D eigenvalue weighted by atomic mass is 9.86. The highest BCUT2D eigenvalue weighted by molar-refractivity contribution is 8.00. The fraction of sp³-hybridized carbons (Fsp3) is 0.452. The van der Waals surface area contributed by atoms with Gasteiger partial charge in [0.25, 0.3) is 5.56 Å². The van der Waals surface area contributed by atoms with Gasteiger partial charge in [-0.3, -0.25) is 14.2 Å². The highest BCUT2D eigenvalue weighted by Crippen LogP contribution is 2.26. The number of carbonyl (C=O) groups is 1. The van der Waals surface area contributed by atoms with E-state index < -0.39 is 0 Å². The third kappa shape index (κ3) is 8.06. The molecule has 0 spiro atoms. The first-order valence-corrected chi connectivity index (χ1v) is 14.1. The van der Waals surface area contributed by atoms with Gasteiger partial charge in [-0.25, -0.2) is 4.98 Å². The third-order valence-corrected chi connectivity index (χ3v) is 7.98. The Morgan fingerprint density at radius 1 is 1.05 bits per heavy atom. The van der Waals surface area contributed by atoms with Crippen LogP contribution in [-0.2, 0) is 30.1 Å². The molecule has 0 fully saturated rings. The van der Waals surface area contributed by atoms with Gasteiger partial charge >= 0.3 is 0 Å². The first-order chi connectivity index (χ1) is 17.6. The van der Waals surface area contributed by atoms with Crippen molar-refractivity contribution in [2.75, 3.05) is 6.54 Å². The number of unbranched alkanes of at least 4 members (excludes halogenated alkanes) is 1. The summed E-state index contributed by atoms with van der Waals surface area (Å²) < 4.78 is 1.60. The lowest BCUT2D eigenvalue weighted by molar-refractivity contribution is -0.120. The van der Waals surface area contributed by atoms with Crippen molar-refractivity contribution < 1.29 is 4.79 Å². The van der Waals surface area contributed by atoms with Crippen molar-refractivity contribution in [2.24, 2.45) is 7.05 Å². The number of nitrogens with one attached hydrogen (secondary N) is 1. The van der Waals surface area contributed by atoms with E-state index in [1.54, 1.807) is 11.6 Å². The van der Waals surface area contributed by atoms with Crippen LogP contribution >= 0.6 is 11.8 Å². The maximum Gasteiger partial charge on any atom is 0.257 e. The van der Waals surface area contributed by atoms with Crippen LogP contribution in [0.4, 0.5) is 0 Å². The number of aromatic nitrogens is 2. The molecule has 6 heteroatoms. The summed E-state index contributed by atoms with van der Waals surface area (Å²) in [5.41, 5.74) is 5.03. The Morgan fingerprint density at radius 2 is 1.73 bits per heavy atom. The minimum atomic E-state index is -0.288. The van der Waals surface area contributed by atoms with Crippen LogP contribution in [0.5, 0.6) is 0 Å². The topological polar surface area (TPSA) is 64.0 Å². The lowest BCUT2D eigenvalue weighted by Gasteiger charge is -2.20. The second kappa shape index (κ2) is 13.1. The number of hydrogen-bond acceptors (Lipinski definition) is 4. The SMILES string of the molecule is CCCCC(Sc1nc(C)c(Cc2ccc(C(C)(C)C)cc2)c(=O)n1C)C(=O)NCCc1ccccc1. The van der Waals surface area contributed by atoms with E-state index in [0.29, 0.717) is 23.7 Å². The Morgan fingerprint density at radius 3 is 2.35 bits per heavy atom. The number of thioether (sulfide) groups is 1. The van der Waals surface area contributed by atoms with Crippen LogP contribution in [0.1, 0.15) is 74.9 Å². The van der Waals surface area contributed by atoms with E-state index in [0.717, 1.165) is 36.9 Å². The van der Waals surface area contributed by atoms with Gasteiger partial charge in [0.15, 0.2) is 5.16 Å². The van der Waals surface area contributed by atoms with Gasteiger partial charge in [0.2, 0.25) is 5.91 Å². The molecule has 1 aromatic heterocycles. The van der Waals surface area contributed by atoms with Gasteiger partial charge in [0.05, 0.1) is 5.25 Å². The Balaban J connectivity index is 1.73. The summed E-state index contributed by atoms with van der Waals surface area (Å²) in [5, 5.41) is 3.40. The largest absolute Gasteiger partial charge is 0.355 e. The summed E-state index contributed by atoms with van der Waals surface area (Å²) in [7, 11) is 1.76. The summed E-state index contributed by atoms with van der Waals surface area (Å²) in [6.45, 7) is 11.2. The highest BCUT2D eigenvalue weighted by atomic mass is 32.2. The average molecular weight is 520 g/mol. The summed E-state index contributed by atoms with van der Waals surface area (Å²) in [6.07, 6.45) is 4.03. The second-order valence-electron chi connectivity index (χ2n) is 10.7. The second-order valence-corrected chi connectivity index (χ2v) is 11.9. The molecule has 0 bridgehead atoms. The molecule has 0 saturated heterocycles. The zero-order valence-electron chi connectivity index (χ0n) is 23.1. The smallest absolute Gasteiger partial charge is 0.257 e. The van der Waals surface area contributed by atoms with E-state index >= 15 is 0 Å². The fourth-order valence-corrected chi connectivity index (χ4v) is 5.37. The van der Waals surface area contributed by atoms with Crippen LogP contribution in [-0.4, -0.2) is 27.3 Å². The number of aryl methyl sites for hydroxylation is 1. The van der Waals surface area contributed by atoms with Crippen molar-refractivity contribution in [3.63, 3.8) is 0 Å². The standard InChI is InChI=1S/C31H41N3O2S/c1-7-8-14-27(28(35)32-20-19-23-12-10-9-11-13-23)37-30-33-22(2)26(29(36)34(30)6)21-24-15-17-25(18-16-24)31(3,4)5/h9-13,15-18,27H,7-8,14,19-21H2,1-6H3,(H,32,35). The molecule has 1 amide bonds. The molecule has 1 N–H and O–H groups in total. The van der Waals surface area contributed by atoms with Crippen LogP contribution in [0.25, 0.3) is 0 Å². The Labute approximate surface area is 226 Å². The van der Waals surface area contributed by atoms with Crippen LogP contribution in [0.3, 0.4) is 0 Å². The Hall–Kier alpha value is -2.86. The minimum Gasteiger partial charge on any atom is -0.355 e. The van der Waals surface area contributed by atoms with Crippen LogP contribution in [0.15, 0.2) is 64.5 Å². The highest BCUT2D eigenvalue weighted by Gasteiger charge is 2.23. The summed E-state index contributed by atoms with van der Waals surface area (Å²) in [4.78, 5) is 31.2.